The van der Waals surface area contributed by atoms with E-state index in [-0.39, 0.29) is 5.75 Å². The monoisotopic (exact) mass is 405 g/mol. The van der Waals surface area contributed by atoms with E-state index in [1.807, 2.05) is 0 Å². The van der Waals surface area contributed by atoms with Crippen molar-refractivity contribution in [3.8, 4) is 23.0 Å². The molecule has 0 radical (unpaired) electrons. The highest BCUT2D eigenvalue weighted by Gasteiger charge is 2.34. The Morgan fingerprint density at radius 3 is 2.55 bits per heavy atom. The van der Waals surface area contributed by atoms with Crippen LogP contribution in [0.3, 0.4) is 0 Å². The normalized spacial score (nSPS) is 18.8. The minimum absolute atomic E-state index is 0.311. The van der Waals surface area contributed by atoms with Gasteiger partial charge in [0.25, 0.3) is 0 Å². The van der Waals surface area contributed by atoms with E-state index in [2.05, 4.69) is 20.4 Å². The number of hydroxylamine groups is 1. The molecule has 3 aromatic rings. The molecule has 1 N–H and O–H groups in total. The smallest absolute Gasteiger partial charge is 0.439 e. The van der Waals surface area contributed by atoms with Crippen LogP contribution in [0.2, 0.25) is 0 Å². The van der Waals surface area contributed by atoms with Crippen molar-refractivity contribution in [1.82, 2.24) is 15.7 Å². The molecule has 0 spiro atoms. The van der Waals surface area contributed by atoms with Gasteiger partial charge in [0.2, 0.25) is 18.2 Å². The molecule has 10 heteroatoms. The van der Waals surface area contributed by atoms with Gasteiger partial charge in [-0.3, -0.25) is 4.84 Å². The van der Waals surface area contributed by atoms with Crippen LogP contribution in [-0.4, -0.2) is 16.6 Å². The van der Waals surface area contributed by atoms with Crippen LogP contribution in [0, 0.1) is 0 Å². The maximum absolute atomic E-state index is 12.3. The van der Waals surface area contributed by atoms with Gasteiger partial charge in [-0.15, -0.1) is 23.4 Å². The van der Waals surface area contributed by atoms with Gasteiger partial charge in [-0.05, 0) is 42.8 Å². The molecule has 0 fully saturated rings. The molecule has 0 aliphatic carbocycles. The van der Waals surface area contributed by atoms with Gasteiger partial charge in [0, 0.05) is 11.6 Å². The predicted molar refractivity (Wildman–Crippen MR) is 93.1 cm³/mol. The molecule has 4 rings (SSSR count). The van der Waals surface area contributed by atoms with E-state index in [1.54, 1.807) is 37.3 Å². The molecule has 0 bridgehead atoms. The number of benzene rings is 2. The Bertz CT molecular complexity index is 1020. The van der Waals surface area contributed by atoms with Crippen LogP contribution in [-0.2, 0) is 10.4 Å². The zero-order valence-electron chi connectivity index (χ0n) is 14.9. The van der Waals surface area contributed by atoms with E-state index in [1.165, 1.54) is 30.7 Å². The topological polar surface area (TPSA) is 78.6 Å². The fraction of sp³-hybridized carbons (Fsp3) is 0.158. The van der Waals surface area contributed by atoms with Gasteiger partial charge in [-0.2, -0.15) is 0 Å². The van der Waals surface area contributed by atoms with Gasteiger partial charge in [0.1, 0.15) is 17.1 Å². The van der Waals surface area contributed by atoms with Crippen LogP contribution in [0.15, 0.2) is 71.3 Å². The molecular weight excluding hydrogens is 391 g/mol. The number of aromatic nitrogens is 2. The Labute approximate surface area is 162 Å². The minimum atomic E-state index is -4.74. The van der Waals surface area contributed by atoms with Gasteiger partial charge >= 0.3 is 6.36 Å². The lowest BCUT2D eigenvalue weighted by Crippen LogP contribution is -2.23. The number of hydrogen-bond donors (Lipinski definition) is 1. The first-order valence-electron chi connectivity index (χ1n) is 8.38. The van der Waals surface area contributed by atoms with Gasteiger partial charge in [0.05, 0.1) is 0 Å². The summed E-state index contributed by atoms with van der Waals surface area (Å²) in [6, 6.07) is 12.4. The standard InChI is InChI=1S/C19H14F3N3O4/c1-18(13-5-7-14(8-6-13)28-19(20,21)22)10-16(25-29-18)27-15-4-2-3-12(9-15)17-24-23-11-26-17/h2-11,25H,1H3/t18-/m1/s1. The van der Waals surface area contributed by atoms with Crippen molar-refractivity contribution in [2.75, 3.05) is 0 Å². The van der Waals surface area contributed by atoms with Crippen molar-refractivity contribution in [2.45, 2.75) is 18.9 Å². The summed E-state index contributed by atoms with van der Waals surface area (Å²) in [6.45, 7) is 1.74. The van der Waals surface area contributed by atoms with Crippen molar-refractivity contribution >= 4 is 0 Å². The first kappa shape index (κ1) is 18.8. The molecular formula is C19H14F3N3O4. The lowest BCUT2D eigenvalue weighted by atomic mass is 9.96. The van der Waals surface area contributed by atoms with Crippen molar-refractivity contribution in [1.29, 1.82) is 0 Å². The fourth-order valence-electron chi connectivity index (χ4n) is 2.76. The first-order chi connectivity index (χ1) is 13.8. The molecule has 29 heavy (non-hydrogen) atoms. The number of halogens is 3. The summed E-state index contributed by atoms with van der Waals surface area (Å²) in [7, 11) is 0. The Kier molecular flexibility index (Phi) is 4.63. The third-order valence-corrected chi connectivity index (χ3v) is 4.10. The molecule has 0 amide bonds. The maximum Gasteiger partial charge on any atom is 0.573 e. The second kappa shape index (κ2) is 7.13. The predicted octanol–water partition coefficient (Wildman–Crippen LogP) is 4.31. The summed E-state index contributed by atoms with van der Waals surface area (Å²) >= 11 is 0. The first-order valence-corrected chi connectivity index (χ1v) is 8.38. The third kappa shape index (κ3) is 4.32. The highest BCUT2D eigenvalue weighted by molar-refractivity contribution is 5.55. The average Bonchev–Trinajstić information content (AvgIpc) is 3.32. The van der Waals surface area contributed by atoms with E-state index in [4.69, 9.17) is 14.0 Å². The second-order valence-corrected chi connectivity index (χ2v) is 6.27. The zero-order valence-corrected chi connectivity index (χ0v) is 14.9. The van der Waals surface area contributed by atoms with E-state index in [0.717, 1.165) is 0 Å². The maximum atomic E-state index is 12.3. The Hall–Kier alpha value is -3.53. The van der Waals surface area contributed by atoms with Crippen molar-refractivity contribution in [2.24, 2.45) is 0 Å². The molecule has 1 aliphatic rings. The minimum Gasteiger partial charge on any atom is -0.439 e. The van der Waals surface area contributed by atoms with Gasteiger partial charge in [0.15, 0.2) is 0 Å². The second-order valence-electron chi connectivity index (χ2n) is 6.27. The number of rotatable bonds is 5. The van der Waals surface area contributed by atoms with Gasteiger partial charge < -0.3 is 13.9 Å². The Balaban J connectivity index is 1.49. The summed E-state index contributed by atoms with van der Waals surface area (Å²) in [5.74, 6) is 0.868. The van der Waals surface area contributed by atoms with E-state index < -0.39 is 12.0 Å². The van der Waals surface area contributed by atoms with Crippen LogP contribution in [0.1, 0.15) is 12.5 Å². The molecule has 1 atom stereocenters. The van der Waals surface area contributed by atoms with Crippen LogP contribution in [0.4, 0.5) is 13.2 Å². The van der Waals surface area contributed by atoms with Gasteiger partial charge in [-0.1, -0.05) is 18.2 Å². The van der Waals surface area contributed by atoms with Crippen molar-refractivity contribution in [3.63, 3.8) is 0 Å². The van der Waals surface area contributed by atoms with Crippen LogP contribution >= 0.6 is 0 Å². The lowest BCUT2D eigenvalue weighted by molar-refractivity contribution is -0.274. The molecule has 2 aromatic carbocycles. The Morgan fingerprint density at radius 2 is 1.86 bits per heavy atom. The lowest BCUT2D eigenvalue weighted by Gasteiger charge is -2.20. The largest absolute Gasteiger partial charge is 0.573 e. The number of nitrogens with one attached hydrogen (secondary N) is 1. The quantitative estimate of drug-likeness (QED) is 0.678. The van der Waals surface area contributed by atoms with Crippen molar-refractivity contribution < 1.29 is 31.9 Å². The fourth-order valence-corrected chi connectivity index (χ4v) is 2.76. The highest BCUT2D eigenvalue weighted by atomic mass is 19.4. The molecule has 1 aliphatic heterocycles. The van der Waals surface area contributed by atoms with E-state index in [9.17, 15) is 13.2 Å². The van der Waals surface area contributed by atoms with Crippen LogP contribution < -0.4 is 15.0 Å². The highest BCUT2D eigenvalue weighted by Crippen LogP contribution is 2.34. The molecule has 0 saturated heterocycles. The summed E-state index contributed by atoms with van der Waals surface area (Å²) in [6.07, 6.45) is -1.84. The molecule has 150 valence electrons. The molecule has 0 unspecified atom stereocenters. The summed E-state index contributed by atoms with van der Waals surface area (Å²) in [4.78, 5) is 5.58. The SMILES string of the molecule is C[C@]1(c2ccc(OC(F)(F)F)cc2)C=C(Oc2cccc(-c3nnco3)c2)NO1. The summed E-state index contributed by atoms with van der Waals surface area (Å²) < 4.78 is 51.7. The zero-order chi connectivity index (χ0) is 20.5. The van der Waals surface area contributed by atoms with Crippen LogP contribution in [0.25, 0.3) is 11.5 Å². The number of alkyl halides is 3. The molecule has 0 saturated carbocycles. The summed E-state index contributed by atoms with van der Waals surface area (Å²) in [5.41, 5.74) is 3.02. The van der Waals surface area contributed by atoms with E-state index in [0.29, 0.717) is 28.7 Å². The summed E-state index contributed by atoms with van der Waals surface area (Å²) in [5, 5.41) is 7.48. The molecule has 2 heterocycles. The number of hydrogen-bond acceptors (Lipinski definition) is 7. The number of ether oxygens (including phenoxy) is 2. The molecule has 1 aromatic heterocycles. The van der Waals surface area contributed by atoms with Gasteiger partial charge in [-0.25, -0.2) is 5.48 Å². The average molecular weight is 405 g/mol. The third-order valence-electron chi connectivity index (χ3n) is 4.10. The van der Waals surface area contributed by atoms with E-state index >= 15 is 0 Å². The van der Waals surface area contributed by atoms with Crippen molar-refractivity contribution in [3.05, 3.63) is 72.4 Å². The Morgan fingerprint density at radius 1 is 1.07 bits per heavy atom. The number of nitrogens with zero attached hydrogens (tertiary/aromatic N) is 2. The molecule has 7 nitrogen and oxygen atoms in total. The van der Waals surface area contributed by atoms with Crippen LogP contribution in [0.5, 0.6) is 11.5 Å².